The smallest absolute Gasteiger partial charge is 0.144 e. The summed E-state index contributed by atoms with van der Waals surface area (Å²) in [4.78, 5) is 6.66. The van der Waals surface area contributed by atoms with Gasteiger partial charge in [0.15, 0.2) is 0 Å². The van der Waals surface area contributed by atoms with Crippen molar-refractivity contribution in [1.29, 1.82) is 0 Å². The Labute approximate surface area is 121 Å². The number of hydrogen-bond donors (Lipinski definition) is 1. The summed E-state index contributed by atoms with van der Waals surface area (Å²) in [6, 6.07) is 1.85. The molecule has 0 saturated carbocycles. The first kappa shape index (κ1) is 14.1. The van der Waals surface area contributed by atoms with Gasteiger partial charge in [-0.25, -0.2) is 4.98 Å². The number of nitrogens with zero attached hydrogens (tertiary/aromatic N) is 2. The molecule has 6 heteroatoms. The maximum atomic E-state index is 6.08. The number of anilines is 1. The monoisotopic (exact) mass is 333 g/mol. The second-order valence-corrected chi connectivity index (χ2v) is 5.54. The van der Waals surface area contributed by atoms with Crippen LogP contribution in [0.25, 0.3) is 0 Å². The van der Waals surface area contributed by atoms with Crippen molar-refractivity contribution in [3.8, 4) is 0 Å². The third kappa shape index (κ3) is 4.39. The molecule has 0 bridgehead atoms. The molecule has 1 aromatic rings. The topological polar surface area (TPSA) is 37.4 Å². The molecule has 2 heterocycles. The second-order valence-electron chi connectivity index (χ2n) is 4.22. The Morgan fingerprint density at radius 1 is 1.44 bits per heavy atom. The van der Waals surface area contributed by atoms with Crippen molar-refractivity contribution in [3.63, 3.8) is 0 Å². The van der Waals surface area contributed by atoms with Crippen LogP contribution in [0.5, 0.6) is 0 Å². The summed E-state index contributed by atoms with van der Waals surface area (Å²) in [5, 5.41) is 3.91. The molecule has 0 aromatic carbocycles. The van der Waals surface area contributed by atoms with Gasteiger partial charge in [0.2, 0.25) is 0 Å². The molecule has 100 valence electrons. The fourth-order valence-electron chi connectivity index (χ4n) is 1.88. The molecular weight excluding hydrogens is 318 g/mol. The Bertz CT molecular complexity index is 386. The largest absolute Gasteiger partial charge is 0.379 e. The summed E-state index contributed by atoms with van der Waals surface area (Å²) in [5.41, 5.74) is 0. The SMILES string of the molecule is Clc1cc(Br)cnc1NCCCN1CCOCC1. The van der Waals surface area contributed by atoms with Crippen LogP contribution in [0.3, 0.4) is 0 Å². The van der Waals surface area contributed by atoms with Gasteiger partial charge in [-0.3, -0.25) is 4.90 Å². The molecule has 2 rings (SSSR count). The molecule has 1 fully saturated rings. The lowest BCUT2D eigenvalue weighted by Gasteiger charge is -2.26. The minimum Gasteiger partial charge on any atom is -0.379 e. The molecule has 1 aliphatic heterocycles. The van der Waals surface area contributed by atoms with Gasteiger partial charge in [-0.2, -0.15) is 0 Å². The molecular formula is C12H17BrClN3O. The van der Waals surface area contributed by atoms with E-state index in [4.69, 9.17) is 16.3 Å². The van der Waals surface area contributed by atoms with Gasteiger partial charge in [-0.1, -0.05) is 11.6 Å². The van der Waals surface area contributed by atoms with Gasteiger partial charge in [0.05, 0.1) is 18.2 Å². The highest BCUT2D eigenvalue weighted by molar-refractivity contribution is 9.10. The third-order valence-electron chi connectivity index (χ3n) is 2.86. The van der Waals surface area contributed by atoms with Gasteiger partial charge in [-0.15, -0.1) is 0 Å². The van der Waals surface area contributed by atoms with Crippen molar-refractivity contribution in [3.05, 3.63) is 21.8 Å². The van der Waals surface area contributed by atoms with E-state index in [0.717, 1.165) is 56.1 Å². The molecule has 0 atom stereocenters. The molecule has 0 unspecified atom stereocenters. The number of rotatable bonds is 5. The molecule has 4 nitrogen and oxygen atoms in total. The zero-order valence-corrected chi connectivity index (χ0v) is 12.5. The lowest BCUT2D eigenvalue weighted by Crippen LogP contribution is -2.37. The molecule has 0 spiro atoms. The van der Waals surface area contributed by atoms with E-state index in [-0.39, 0.29) is 0 Å². The maximum absolute atomic E-state index is 6.08. The van der Waals surface area contributed by atoms with E-state index in [1.807, 2.05) is 6.07 Å². The van der Waals surface area contributed by atoms with E-state index in [1.165, 1.54) is 0 Å². The molecule has 1 saturated heterocycles. The zero-order chi connectivity index (χ0) is 12.8. The molecule has 1 aliphatic rings. The fourth-order valence-corrected chi connectivity index (χ4v) is 2.58. The molecule has 0 amide bonds. The van der Waals surface area contributed by atoms with Crippen LogP contribution < -0.4 is 5.32 Å². The maximum Gasteiger partial charge on any atom is 0.144 e. The Kier molecular flexibility index (Phi) is 5.69. The van der Waals surface area contributed by atoms with Crippen LogP contribution in [-0.4, -0.2) is 49.3 Å². The summed E-state index contributed by atoms with van der Waals surface area (Å²) in [7, 11) is 0. The molecule has 1 aromatic heterocycles. The molecule has 18 heavy (non-hydrogen) atoms. The fraction of sp³-hybridized carbons (Fsp3) is 0.583. The van der Waals surface area contributed by atoms with Crippen LogP contribution in [0.15, 0.2) is 16.7 Å². The minimum atomic E-state index is 0.649. The van der Waals surface area contributed by atoms with Crippen LogP contribution in [0.1, 0.15) is 6.42 Å². The first-order valence-corrected chi connectivity index (χ1v) is 7.28. The molecule has 0 radical (unpaired) electrons. The Morgan fingerprint density at radius 2 is 2.22 bits per heavy atom. The Morgan fingerprint density at radius 3 is 2.94 bits per heavy atom. The highest BCUT2D eigenvalue weighted by atomic mass is 79.9. The van der Waals surface area contributed by atoms with Crippen molar-refractivity contribution in [1.82, 2.24) is 9.88 Å². The number of ether oxygens (including phenoxy) is 1. The predicted octanol–water partition coefficient (Wildman–Crippen LogP) is 2.63. The first-order chi connectivity index (χ1) is 8.75. The Balaban J connectivity index is 1.68. The summed E-state index contributed by atoms with van der Waals surface area (Å²) < 4.78 is 6.21. The lowest BCUT2D eigenvalue weighted by molar-refractivity contribution is 0.0378. The van der Waals surface area contributed by atoms with Gasteiger partial charge < -0.3 is 10.1 Å². The summed E-state index contributed by atoms with van der Waals surface area (Å²) in [5.74, 6) is 0.752. The van der Waals surface area contributed by atoms with Gasteiger partial charge in [0.1, 0.15) is 5.82 Å². The van der Waals surface area contributed by atoms with E-state index in [0.29, 0.717) is 5.02 Å². The average molecular weight is 335 g/mol. The number of aromatic nitrogens is 1. The van der Waals surface area contributed by atoms with Crippen LogP contribution >= 0.6 is 27.5 Å². The normalized spacial score (nSPS) is 16.8. The summed E-state index contributed by atoms with van der Waals surface area (Å²) in [6.45, 7) is 5.76. The van der Waals surface area contributed by atoms with E-state index in [2.05, 4.69) is 31.1 Å². The van der Waals surface area contributed by atoms with Crippen molar-refractivity contribution in [2.24, 2.45) is 0 Å². The third-order valence-corrected chi connectivity index (χ3v) is 3.58. The number of halogens is 2. The second kappa shape index (κ2) is 7.28. The predicted molar refractivity (Wildman–Crippen MR) is 77.3 cm³/mol. The van der Waals surface area contributed by atoms with E-state index < -0.39 is 0 Å². The Hall–Kier alpha value is -0.360. The van der Waals surface area contributed by atoms with Crippen LogP contribution in [0.4, 0.5) is 5.82 Å². The number of nitrogens with one attached hydrogen (secondary N) is 1. The van der Waals surface area contributed by atoms with E-state index in [9.17, 15) is 0 Å². The standard InChI is InChI=1S/C12H17BrClN3O/c13-10-8-11(14)12(16-9-10)15-2-1-3-17-4-6-18-7-5-17/h8-9H,1-7H2,(H,15,16). The van der Waals surface area contributed by atoms with Crippen LogP contribution in [0.2, 0.25) is 5.02 Å². The van der Waals surface area contributed by atoms with Crippen molar-refractivity contribution in [2.45, 2.75) is 6.42 Å². The number of morpholine rings is 1. The highest BCUT2D eigenvalue weighted by Crippen LogP contribution is 2.22. The first-order valence-electron chi connectivity index (χ1n) is 6.11. The van der Waals surface area contributed by atoms with E-state index in [1.54, 1.807) is 6.20 Å². The van der Waals surface area contributed by atoms with Crippen molar-refractivity contribution >= 4 is 33.3 Å². The number of hydrogen-bond acceptors (Lipinski definition) is 4. The van der Waals surface area contributed by atoms with Gasteiger partial charge in [-0.05, 0) is 35.0 Å². The van der Waals surface area contributed by atoms with Crippen LogP contribution in [0, 0.1) is 0 Å². The van der Waals surface area contributed by atoms with Gasteiger partial charge >= 0.3 is 0 Å². The zero-order valence-electron chi connectivity index (χ0n) is 10.2. The number of pyridine rings is 1. The highest BCUT2D eigenvalue weighted by Gasteiger charge is 2.09. The van der Waals surface area contributed by atoms with Crippen molar-refractivity contribution < 1.29 is 4.74 Å². The lowest BCUT2D eigenvalue weighted by atomic mass is 10.3. The van der Waals surface area contributed by atoms with Crippen molar-refractivity contribution in [2.75, 3.05) is 44.7 Å². The van der Waals surface area contributed by atoms with Gasteiger partial charge in [0, 0.05) is 30.3 Å². The molecule has 0 aliphatic carbocycles. The van der Waals surface area contributed by atoms with Gasteiger partial charge in [0.25, 0.3) is 0 Å². The van der Waals surface area contributed by atoms with E-state index >= 15 is 0 Å². The summed E-state index contributed by atoms with van der Waals surface area (Å²) >= 11 is 9.41. The quantitative estimate of drug-likeness (QED) is 0.840. The average Bonchev–Trinajstić information content (AvgIpc) is 2.38. The summed E-state index contributed by atoms with van der Waals surface area (Å²) in [6.07, 6.45) is 2.82. The van der Waals surface area contributed by atoms with Crippen LogP contribution in [-0.2, 0) is 4.74 Å². The minimum absolute atomic E-state index is 0.649. The molecule has 1 N–H and O–H groups in total.